The van der Waals surface area contributed by atoms with E-state index < -0.39 is 15.6 Å². The van der Waals surface area contributed by atoms with Crippen LogP contribution in [-0.4, -0.2) is 32.7 Å². The smallest absolute Gasteiger partial charge is 0.485 e. The van der Waals surface area contributed by atoms with Gasteiger partial charge in [-0.05, 0) is 86.1 Å². The van der Waals surface area contributed by atoms with Gasteiger partial charge in [0, 0.05) is 6.07 Å². The van der Waals surface area contributed by atoms with Crippen molar-refractivity contribution in [3.05, 3.63) is 102 Å². The predicted octanol–water partition coefficient (Wildman–Crippen LogP) is 7.26. The summed E-state index contributed by atoms with van der Waals surface area (Å²) in [7, 11) is -3.09. The number of ether oxygens (including phenoxy) is 3. The van der Waals surface area contributed by atoms with Crippen LogP contribution in [0.25, 0.3) is 0 Å². The molecule has 0 aliphatic carbocycles. The van der Waals surface area contributed by atoms with Crippen LogP contribution in [0, 0.1) is 13.8 Å². The van der Waals surface area contributed by atoms with Crippen LogP contribution in [0.1, 0.15) is 11.1 Å². The number of alkyl halides is 3. The zero-order chi connectivity index (χ0) is 29.5. The summed E-state index contributed by atoms with van der Waals surface area (Å²) < 4.78 is 76.1. The highest BCUT2D eigenvalue weighted by atomic mass is 32.2. The molecule has 0 saturated carbocycles. The number of aryl methyl sites for hydroxylation is 2. The normalized spacial score (nSPS) is 11.4. The summed E-state index contributed by atoms with van der Waals surface area (Å²) in [5.74, 6) is 3.36. The largest absolute Gasteiger partial charge is 0.741 e. The van der Waals surface area contributed by atoms with Crippen molar-refractivity contribution >= 4 is 21.0 Å². The maximum Gasteiger partial charge on any atom is 0.485 e. The van der Waals surface area contributed by atoms with Gasteiger partial charge in [-0.3, -0.25) is 0 Å². The molecule has 0 saturated heterocycles. The molecule has 0 unspecified atom stereocenters. The van der Waals surface area contributed by atoms with Gasteiger partial charge in [-0.15, -0.1) is 0 Å². The van der Waals surface area contributed by atoms with Crippen LogP contribution >= 0.6 is 0 Å². The molecule has 0 radical (unpaired) electrons. The Balaban J connectivity index is 0.000000482. The van der Waals surface area contributed by atoms with Gasteiger partial charge in [0.2, 0.25) is 4.90 Å². The van der Waals surface area contributed by atoms with Gasteiger partial charge in [0.15, 0.2) is 25.7 Å². The van der Waals surface area contributed by atoms with Gasteiger partial charge in [0.1, 0.15) is 28.1 Å². The minimum atomic E-state index is -6.09. The van der Waals surface area contributed by atoms with Crippen LogP contribution in [0.5, 0.6) is 23.0 Å². The molecule has 4 aromatic rings. The average molecular weight is 593 g/mol. The summed E-state index contributed by atoms with van der Waals surface area (Å²) in [6.45, 7) is 4.19. The maximum absolute atomic E-state index is 10.7. The maximum atomic E-state index is 10.7. The third-order valence-electron chi connectivity index (χ3n) is 5.44. The molecule has 0 bridgehead atoms. The molecule has 40 heavy (non-hydrogen) atoms. The van der Waals surface area contributed by atoms with Crippen LogP contribution in [0.15, 0.2) is 106 Å². The molecule has 0 fully saturated rings. The molecule has 4 aromatic carbocycles. The van der Waals surface area contributed by atoms with Crippen molar-refractivity contribution in [3.63, 3.8) is 0 Å². The van der Waals surface area contributed by atoms with Crippen molar-refractivity contribution < 1.29 is 40.4 Å². The van der Waals surface area contributed by atoms with Gasteiger partial charge in [-0.2, -0.15) is 13.2 Å². The first-order valence-electron chi connectivity index (χ1n) is 11.7. The zero-order valence-corrected chi connectivity index (χ0v) is 23.7. The highest BCUT2D eigenvalue weighted by molar-refractivity contribution is 7.97. The number of methoxy groups -OCH3 is 2. The third-order valence-corrected chi connectivity index (χ3v) is 8.25. The van der Waals surface area contributed by atoms with Gasteiger partial charge < -0.3 is 18.8 Å². The topological polar surface area (TPSA) is 84.9 Å². The van der Waals surface area contributed by atoms with Gasteiger partial charge in [0.25, 0.3) is 0 Å². The fraction of sp³-hybridized carbons (Fsp3) is 0.172. The first kappa shape index (κ1) is 30.9. The van der Waals surface area contributed by atoms with Gasteiger partial charge in [-0.25, -0.2) is 8.42 Å². The summed E-state index contributed by atoms with van der Waals surface area (Å²) >= 11 is 0. The highest BCUT2D eigenvalue weighted by Crippen LogP contribution is 2.40. The molecule has 0 aromatic heterocycles. The number of hydrogen-bond acceptors (Lipinski definition) is 6. The van der Waals surface area contributed by atoms with E-state index in [1.165, 1.54) is 20.9 Å². The molecule has 0 atom stereocenters. The zero-order valence-electron chi connectivity index (χ0n) is 22.1. The van der Waals surface area contributed by atoms with Gasteiger partial charge >= 0.3 is 5.51 Å². The summed E-state index contributed by atoms with van der Waals surface area (Å²) in [6.07, 6.45) is 0. The number of benzene rings is 4. The van der Waals surface area contributed by atoms with Crippen LogP contribution in [0.3, 0.4) is 0 Å². The van der Waals surface area contributed by atoms with Crippen LogP contribution < -0.4 is 14.2 Å². The van der Waals surface area contributed by atoms with E-state index in [0.29, 0.717) is 0 Å². The molecular weight excluding hydrogens is 565 g/mol. The monoisotopic (exact) mass is 592 g/mol. The van der Waals surface area contributed by atoms with Crippen LogP contribution in [0.2, 0.25) is 0 Å². The Morgan fingerprint density at radius 3 is 1.48 bits per heavy atom. The van der Waals surface area contributed by atoms with Crippen molar-refractivity contribution in [2.24, 2.45) is 0 Å². The first-order chi connectivity index (χ1) is 18.8. The average Bonchev–Trinajstić information content (AvgIpc) is 2.91. The Hall–Kier alpha value is -3.67. The number of hydrogen-bond donors (Lipinski definition) is 0. The van der Waals surface area contributed by atoms with Gasteiger partial charge in [-0.1, -0.05) is 23.8 Å². The second-order valence-corrected chi connectivity index (χ2v) is 11.8. The van der Waals surface area contributed by atoms with Crippen molar-refractivity contribution in [2.75, 3.05) is 14.2 Å². The van der Waals surface area contributed by atoms with E-state index in [1.807, 2.05) is 36.4 Å². The molecule has 0 amide bonds. The summed E-state index contributed by atoms with van der Waals surface area (Å²) in [6, 6.07) is 31.1. The lowest BCUT2D eigenvalue weighted by molar-refractivity contribution is -0.0517. The molecule has 0 spiro atoms. The van der Waals surface area contributed by atoms with Crippen LogP contribution in [0.4, 0.5) is 13.2 Å². The van der Waals surface area contributed by atoms with Gasteiger partial charge in [0.05, 0.1) is 14.2 Å². The van der Waals surface area contributed by atoms with E-state index in [1.54, 1.807) is 14.2 Å². The van der Waals surface area contributed by atoms with Crippen molar-refractivity contribution in [3.8, 4) is 23.0 Å². The molecule has 6 nitrogen and oxygen atoms in total. The Morgan fingerprint density at radius 1 is 0.675 bits per heavy atom. The first-order valence-corrected chi connectivity index (χ1v) is 14.4. The van der Waals surface area contributed by atoms with E-state index >= 15 is 0 Å². The minimum Gasteiger partial charge on any atom is -0.741 e. The fourth-order valence-electron chi connectivity index (χ4n) is 3.41. The predicted molar refractivity (Wildman–Crippen MR) is 146 cm³/mol. The summed E-state index contributed by atoms with van der Waals surface area (Å²) in [5, 5.41) is 0. The quantitative estimate of drug-likeness (QED) is 0.128. The lowest BCUT2D eigenvalue weighted by atomic mass is 10.2. The molecule has 0 N–H and O–H groups in total. The lowest BCUT2D eigenvalue weighted by Gasteiger charge is -2.14. The molecule has 0 aliphatic rings. The molecule has 212 valence electrons. The van der Waals surface area contributed by atoms with E-state index in [-0.39, 0.29) is 10.9 Å². The van der Waals surface area contributed by atoms with E-state index in [9.17, 15) is 13.2 Å². The number of halogens is 3. The van der Waals surface area contributed by atoms with E-state index in [4.69, 9.17) is 27.2 Å². The molecule has 4 rings (SSSR count). The van der Waals surface area contributed by atoms with Crippen molar-refractivity contribution in [2.45, 2.75) is 34.0 Å². The Labute approximate surface area is 234 Å². The highest BCUT2D eigenvalue weighted by Gasteiger charge is 2.37. The lowest BCUT2D eigenvalue weighted by Crippen LogP contribution is -2.21. The number of rotatable bonds is 7. The molecular formula is C29H27F3O6S2. The standard InChI is InChI=1S/C28H27O3S.CHF3O3S/c1-20-5-8-24(9-6-20)31-27-18-7-21(2)19-28(27)32(25-14-10-22(29-3)11-15-25)26-16-12-23(30-4)13-17-26;2-1(3,4)8(5,6)7/h5-19H,1-4H3;(H,5,6,7)/q+1;/p-1. The minimum absolute atomic E-state index is 0.371. The Kier molecular flexibility index (Phi) is 10.1. The Bertz CT molecular complexity index is 1460. The second kappa shape index (κ2) is 13.1. The van der Waals surface area contributed by atoms with E-state index in [0.717, 1.165) is 27.9 Å². The fourth-order valence-corrected chi connectivity index (χ4v) is 5.62. The van der Waals surface area contributed by atoms with Crippen molar-refractivity contribution in [1.82, 2.24) is 0 Å². The van der Waals surface area contributed by atoms with Crippen molar-refractivity contribution in [1.29, 1.82) is 0 Å². The van der Waals surface area contributed by atoms with Crippen LogP contribution in [-0.2, 0) is 21.0 Å². The molecule has 11 heteroatoms. The third kappa shape index (κ3) is 8.17. The molecule has 0 aliphatic heterocycles. The van der Waals surface area contributed by atoms with E-state index in [2.05, 4.69) is 68.4 Å². The molecule has 0 heterocycles. The Morgan fingerprint density at radius 2 is 1.07 bits per heavy atom. The summed E-state index contributed by atoms with van der Waals surface area (Å²) in [4.78, 5) is 3.52. The summed E-state index contributed by atoms with van der Waals surface area (Å²) in [5.41, 5.74) is -3.25. The second-order valence-electron chi connectivity index (χ2n) is 8.42. The SMILES string of the molecule is COc1ccc([S+](c2ccc(OC)cc2)c2cc(C)ccc2Oc2ccc(C)cc2)cc1.O=S(=O)([O-])C(F)(F)F.